The SMILES string of the molecule is CC(C)c1cc(N)cc(CC2CC2)c1O. The summed E-state index contributed by atoms with van der Waals surface area (Å²) >= 11 is 0. The van der Waals surface area contributed by atoms with Crippen molar-refractivity contribution in [1.29, 1.82) is 0 Å². The lowest BCUT2D eigenvalue weighted by atomic mass is 9.96. The van der Waals surface area contributed by atoms with Gasteiger partial charge in [-0.1, -0.05) is 13.8 Å². The number of hydrogen-bond donors (Lipinski definition) is 2. The Morgan fingerprint density at radius 2 is 2.07 bits per heavy atom. The maximum absolute atomic E-state index is 10.1. The molecule has 1 aliphatic carbocycles. The Balaban J connectivity index is 2.34. The number of hydrogen-bond acceptors (Lipinski definition) is 2. The summed E-state index contributed by atoms with van der Waals surface area (Å²) in [6.07, 6.45) is 3.58. The molecule has 0 amide bonds. The van der Waals surface area contributed by atoms with Gasteiger partial charge in [-0.15, -0.1) is 0 Å². The molecule has 0 spiro atoms. The minimum Gasteiger partial charge on any atom is -0.507 e. The zero-order valence-electron chi connectivity index (χ0n) is 9.46. The van der Waals surface area contributed by atoms with Gasteiger partial charge in [-0.05, 0) is 54.4 Å². The zero-order valence-corrected chi connectivity index (χ0v) is 9.46. The molecular weight excluding hydrogens is 186 g/mol. The van der Waals surface area contributed by atoms with E-state index in [1.54, 1.807) is 0 Å². The van der Waals surface area contributed by atoms with Gasteiger partial charge in [-0.25, -0.2) is 0 Å². The van der Waals surface area contributed by atoms with Crippen molar-refractivity contribution in [1.82, 2.24) is 0 Å². The van der Waals surface area contributed by atoms with Gasteiger partial charge in [0, 0.05) is 5.69 Å². The fourth-order valence-electron chi connectivity index (χ4n) is 1.97. The van der Waals surface area contributed by atoms with Crippen molar-refractivity contribution in [2.45, 2.75) is 39.0 Å². The first kappa shape index (κ1) is 10.3. The summed E-state index contributed by atoms with van der Waals surface area (Å²) in [5.41, 5.74) is 8.63. The third-order valence-corrected chi connectivity index (χ3v) is 3.07. The summed E-state index contributed by atoms with van der Waals surface area (Å²) in [5.74, 6) is 1.57. The van der Waals surface area contributed by atoms with Gasteiger partial charge in [-0.3, -0.25) is 0 Å². The lowest BCUT2D eigenvalue weighted by Crippen LogP contribution is -1.98. The number of aromatic hydroxyl groups is 1. The van der Waals surface area contributed by atoms with Crippen LogP contribution in [0.1, 0.15) is 43.7 Å². The topological polar surface area (TPSA) is 46.2 Å². The molecule has 82 valence electrons. The molecule has 0 saturated heterocycles. The van der Waals surface area contributed by atoms with Gasteiger partial charge in [0.15, 0.2) is 0 Å². The molecule has 0 radical (unpaired) electrons. The van der Waals surface area contributed by atoms with Crippen LogP contribution in [0.15, 0.2) is 12.1 Å². The first-order valence-electron chi connectivity index (χ1n) is 5.69. The highest BCUT2D eigenvalue weighted by Gasteiger charge is 2.24. The summed E-state index contributed by atoms with van der Waals surface area (Å²) in [7, 11) is 0. The predicted molar refractivity (Wildman–Crippen MR) is 63.0 cm³/mol. The Kier molecular flexibility index (Phi) is 2.59. The number of nitrogen functional groups attached to an aromatic ring is 1. The van der Waals surface area contributed by atoms with E-state index in [2.05, 4.69) is 13.8 Å². The molecule has 0 heterocycles. The number of anilines is 1. The molecule has 0 unspecified atom stereocenters. The first-order valence-corrected chi connectivity index (χ1v) is 5.69. The molecule has 1 aromatic rings. The lowest BCUT2D eigenvalue weighted by molar-refractivity contribution is 0.456. The van der Waals surface area contributed by atoms with Crippen molar-refractivity contribution in [3.63, 3.8) is 0 Å². The molecule has 0 atom stereocenters. The average molecular weight is 205 g/mol. The molecule has 2 nitrogen and oxygen atoms in total. The Hall–Kier alpha value is -1.18. The van der Waals surface area contributed by atoms with Crippen molar-refractivity contribution in [3.05, 3.63) is 23.3 Å². The Morgan fingerprint density at radius 1 is 1.40 bits per heavy atom. The molecule has 1 saturated carbocycles. The van der Waals surface area contributed by atoms with Crippen LogP contribution in [0, 0.1) is 5.92 Å². The number of nitrogens with two attached hydrogens (primary N) is 1. The van der Waals surface area contributed by atoms with Crippen LogP contribution in [0.2, 0.25) is 0 Å². The second-order valence-corrected chi connectivity index (χ2v) is 4.92. The maximum atomic E-state index is 10.1. The first-order chi connectivity index (χ1) is 7.08. The third kappa shape index (κ3) is 2.25. The molecule has 2 heteroatoms. The van der Waals surface area contributed by atoms with Crippen molar-refractivity contribution < 1.29 is 5.11 Å². The second kappa shape index (κ2) is 3.76. The highest BCUT2D eigenvalue weighted by Crippen LogP contribution is 2.38. The van der Waals surface area contributed by atoms with Crippen molar-refractivity contribution in [2.24, 2.45) is 5.92 Å². The van der Waals surface area contributed by atoms with E-state index in [-0.39, 0.29) is 0 Å². The van der Waals surface area contributed by atoms with Crippen LogP contribution in [-0.2, 0) is 6.42 Å². The number of phenolic OH excluding ortho intramolecular Hbond substituents is 1. The normalized spacial score (nSPS) is 15.9. The molecule has 0 aromatic heterocycles. The van der Waals surface area contributed by atoms with Crippen molar-refractivity contribution >= 4 is 5.69 Å². The van der Waals surface area contributed by atoms with Gasteiger partial charge in [-0.2, -0.15) is 0 Å². The van der Waals surface area contributed by atoms with Crippen LogP contribution in [0.3, 0.4) is 0 Å². The van der Waals surface area contributed by atoms with Crippen LogP contribution in [0.4, 0.5) is 5.69 Å². The molecule has 15 heavy (non-hydrogen) atoms. The molecule has 1 fully saturated rings. The average Bonchev–Trinajstić information content (AvgIpc) is 2.94. The van der Waals surface area contributed by atoms with Gasteiger partial charge in [0.1, 0.15) is 5.75 Å². The Bertz CT molecular complexity index is 367. The van der Waals surface area contributed by atoms with Crippen LogP contribution in [0.5, 0.6) is 5.75 Å². The van der Waals surface area contributed by atoms with Gasteiger partial charge in [0.25, 0.3) is 0 Å². The van der Waals surface area contributed by atoms with Crippen LogP contribution < -0.4 is 5.73 Å². The number of benzene rings is 1. The van der Waals surface area contributed by atoms with Gasteiger partial charge in [0.05, 0.1) is 0 Å². The fraction of sp³-hybridized carbons (Fsp3) is 0.538. The Labute approximate surface area is 91.1 Å². The minimum absolute atomic E-state index is 0.325. The Morgan fingerprint density at radius 3 is 2.60 bits per heavy atom. The van der Waals surface area contributed by atoms with Crippen LogP contribution in [0.25, 0.3) is 0 Å². The smallest absolute Gasteiger partial charge is 0.122 e. The largest absolute Gasteiger partial charge is 0.507 e. The van der Waals surface area contributed by atoms with E-state index in [0.717, 1.165) is 29.2 Å². The van der Waals surface area contributed by atoms with Gasteiger partial charge in [0.2, 0.25) is 0 Å². The summed E-state index contributed by atoms with van der Waals surface area (Å²) < 4.78 is 0. The highest BCUT2D eigenvalue weighted by molar-refractivity contribution is 5.54. The zero-order chi connectivity index (χ0) is 11.0. The summed E-state index contributed by atoms with van der Waals surface area (Å²) in [6, 6.07) is 3.80. The molecule has 3 N–H and O–H groups in total. The summed E-state index contributed by atoms with van der Waals surface area (Å²) in [6.45, 7) is 4.16. The fourth-order valence-corrected chi connectivity index (χ4v) is 1.97. The molecule has 0 bridgehead atoms. The maximum Gasteiger partial charge on any atom is 0.122 e. The molecule has 1 aliphatic rings. The van der Waals surface area contributed by atoms with E-state index < -0.39 is 0 Å². The molecular formula is C13H19NO. The molecule has 0 aliphatic heterocycles. The lowest BCUT2D eigenvalue weighted by Gasteiger charge is -2.13. The van der Waals surface area contributed by atoms with Crippen molar-refractivity contribution in [3.8, 4) is 5.75 Å². The van der Waals surface area contributed by atoms with E-state index in [0.29, 0.717) is 11.7 Å². The quantitative estimate of drug-likeness (QED) is 0.588. The monoisotopic (exact) mass is 205 g/mol. The summed E-state index contributed by atoms with van der Waals surface area (Å²) in [5, 5.41) is 10.1. The summed E-state index contributed by atoms with van der Waals surface area (Å²) in [4.78, 5) is 0. The van der Waals surface area contributed by atoms with E-state index in [4.69, 9.17) is 5.73 Å². The van der Waals surface area contributed by atoms with Crippen LogP contribution >= 0.6 is 0 Å². The van der Waals surface area contributed by atoms with E-state index in [1.165, 1.54) is 12.8 Å². The second-order valence-electron chi connectivity index (χ2n) is 4.92. The number of rotatable bonds is 3. The van der Waals surface area contributed by atoms with E-state index in [1.807, 2.05) is 12.1 Å². The van der Waals surface area contributed by atoms with Gasteiger partial charge >= 0.3 is 0 Å². The van der Waals surface area contributed by atoms with Crippen LogP contribution in [-0.4, -0.2) is 5.11 Å². The predicted octanol–water partition coefficient (Wildman–Crippen LogP) is 3.05. The third-order valence-electron chi connectivity index (χ3n) is 3.07. The minimum atomic E-state index is 0.325. The van der Waals surface area contributed by atoms with E-state index in [9.17, 15) is 5.11 Å². The molecule has 2 rings (SSSR count). The standard InChI is InChI=1S/C13H19NO/c1-8(2)12-7-11(14)6-10(13(12)15)5-9-3-4-9/h6-9,15H,3-5,14H2,1-2H3. The van der Waals surface area contributed by atoms with E-state index >= 15 is 0 Å². The highest BCUT2D eigenvalue weighted by atomic mass is 16.3. The number of phenols is 1. The van der Waals surface area contributed by atoms with Gasteiger partial charge < -0.3 is 10.8 Å². The molecule has 1 aromatic carbocycles. The van der Waals surface area contributed by atoms with Crippen molar-refractivity contribution in [2.75, 3.05) is 5.73 Å².